The number of anilines is 1. The van der Waals surface area contributed by atoms with Gasteiger partial charge in [-0.1, -0.05) is 36.4 Å². The molecule has 154 valence electrons. The Morgan fingerprint density at radius 2 is 2.03 bits per heavy atom. The summed E-state index contributed by atoms with van der Waals surface area (Å²) in [6.07, 6.45) is 0.559. The van der Waals surface area contributed by atoms with Crippen molar-refractivity contribution in [1.29, 1.82) is 0 Å². The molecule has 0 spiro atoms. The van der Waals surface area contributed by atoms with Crippen molar-refractivity contribution < 1.29 is 19.5 Å². The summed E-state index contributed by atoms with van der Waals surface area (Å²) < 4.78 is 5.21. The lowest BCUT2D eigenvalue weighted by Gasteiger charge is -2.27. The van der Waals surface area contributed by atoms with Gasteiger partial charge < -0.3 is 25.4 Å². The number of aromatic hydroxyl groups is 1. The summed E-state index contributed by atoms with van der Waals surface area (Å²) in [5, 5.41) is 17.3. The van der Waals surface area contributed by atoms with E-state index >= 15 is 0 Å². The lowest BCUT2D eigenvalue weighted by atomic mass is 10.00. The fraction of sp³-hybridized carbons (Fsp3) is 0.261. The van der Waals surface area contributed by atoms with Crippen LogP contribution in [0.25, 0.3) is 0 Å². The lowest BCUT2D eigenvalue weighted by Crippen LogP contribution is -3.10. The molecule has 2 atom stereocenters. The highest BCUT2D eigenvalue weighted by atomic mass is 32.1. The number of carbonyl (C=O) groups excluding carboxylic acids is 1. The van der Waals surface area contributed by atoms with Gasteiger partial charge in [0.05, 0.1) is 24.1 Å². The largest absolute Gasteiger partial charge is 0.504 e. The smallest absolute Gasteiger partial charge is 0.256 e. The molecule has 0 radical (unpaired) electrons. The van der Waals surface area contributed by atoms with E-state index in [0.717, 1.165) is 42.2 Å². The standard InChI is InChI=1S/C23H23N3O3S/c1-29-18-11-15(7-8-17(18)27)21-24-22(28)20-16-9-10-26(12-14-5-3-2-4-6-14)13-19(16)30-23(20)25-21/h2-8,11,21,25,27H,9-10,12-13H2,1H3,(H,24,28)/p+1/t21-/m0/s1. The van der Waals surface area contributed by atoms with Crippen molar-refractivity contribution in [1.82, 2.24) is 5.32 Å². The maximum absolute atomic E-state index is 13.0. The second-order valence-corrected chi connectivity index (χ2v) is 8.88. The third kappa shape index (κ3) is 3.40. The maximum Gasteiger partial charge on any atom is 0.256 e. The molecule has 6 nitrogen and oxygen atoms in total. The molecule has 0 fully saturated rings. The quantitative estimate of drug-likeness (QED) is 0.521. The van der Waals surface area contributed by atoms with Crippen LogP contribution in [0.4, 0.5) is 5.00 Å². The van der Waals surface area contributed by atoms with Crippen LogP contribution in [0.15, 0.2) is 48.5 Å². The van der Waals surface area contributed by atoms with E-state index in [2.05, 4.69) is 34.9 Å². The first kappa shape index (κ1) is 19.0. The van der Waals surface area contributed by atoms with Gasteiger partial charge in [-0.2, -0.15) is 0 Å². The number of phenolic OH excluding ortho intramolecular Hbond substituents is 1. The second kappa shape index (κ2) is 7.66. The van der Waals surface area contributed by atoms with E-state index in [4.69, 9.17) is 4.74 Å². The number of hydrogen-bond acceptors (Lipinski definition) is 5. The van der Waals surface area contributed by atoms with Crippen LogP contribution in [0.5, 0.6) is 11.5 Å². The summed E-state index contributed by atoms with van der Waals surface area (Å²) in [4.78, 5) is 15.8. The predicted octanol–water partition coefficient (Wildman–Crippen LogP) is 2.46. The molecule has 30 heavy (non-hydrogen) atoms. The van der Waals surface area contributed by atoms with Crippen molar-refractivity contribution in [2.24, 2.45) is 0 Å². The van der Waals surface area contributed by atoms with E-state index in [1.54, 1.807) is 29.5 Å². The number of thiophene rings is 1. The molecule has 0 saturated heterocycles. The molecule has 2 aliphatic rings. The van der Waals surface area contributed by atoms with Gasteiger partial charge in [0.15, 0.2) is 11.5 Å². The van der Waals surface area contributed by atoms with Crippen molar-refractivity contribution in [2.75, 3.05) is 19.0 Å². The van der Waals surface area contributed by atoms with Crippen LogP contribution in [0.3, 0.4) is 0 Å². The molecule has 0 aliphatic carbocycles. The fourth-order valence-electron chi connectivity index (χ4n) is 4.32. The Balaban J connectivity index is 1.38. The molecule has 2 aromatic carbocycles. The summed E-state index contributed by atoms with van der Waals surface area (Å²) in [7, 11) is 1.51. The van der Waals surface area contributed by atoms with Crippen LogP contribution in [0, 0.1) is 0 Å². The van der Waals surface area contributed by atoms with Gasteiger partial charge in [0.25, 0.3) is 5.91 Å². The molecule has 3 heterocycles. The normalized spacial score (nSPS) is 20.0. The van der Waals surface area contributed by atoms with Gasteiger partial charge in [0.2, 0.25) is 0 Å². The topological polar surface area (TPSA) is 75.0 Å². The van der Waals surface area contributed by atoms with Crippen LogP contribution in [0.2, 0.25) is 0 Å². The molecule has 5 rings (SSSR count). The molecule has 4 N–H and O–H groups in total. The molecule has 1 unspecified atom stereocenters. The zero-order chi connectivity index (χ0) is 20.7. The molecule has 3 aromatic rings. The summed E-state index contributed by atoms with van der Waals surface area (Å²) >= 11 is 1.69. The molecule has 0 saturated carbocycles. The lowest BCUT2D eigenvalue weighted by molar-refractivity contribution is -0.929. The number of fused-ring (bicyclic) bond motifs is 3. The molecule has 1 amide bonds. The van der Waals surface area contributed by atoms with Crippen LogP contribution >= 0.6 is 11.3 Å². The Morgan fingerprint density at radius 3 is 2.83 bits per heavy atom. The molecular weight excluding hydrogens is 398 g/mol. The summed E-state index contributed by atoms with van der Waals surface area (Å²) in [6.45, 7) is 2.96. The number of hydrogen-bond donors (Lipinski definition) is 4. The number of carbonyl (C=O) groups is 1. The Labute approximate surface area is 179 Å². The van der Waals surface area contributed by atoms with Crippen LogP contribution < -0.4 is 20.3 Å². The van der Waals surface area contributed by atoms with Crippen molar-refractivity contribution >= 4 is 22.2 Å². The summed E-state index contributed by atoms with van der Waals surface area (Å²) in [5.74, 6) is 0.432. The Hall–Kier alpha value is -3.03. The zero-order valence-corrected chi connectivity index (χ0v) is 17.5. The Bertz CT molecular complexity index is 1100. The second-order valence-electron chi connectivity index (χ2n) is 7.78. The highest BCUT2D eigenvalue weighted by Crippen LogP contribution is 2.40. The van der Waals surface area contributed by atoms with E-state index in [1.807, 2.05) is 6.07 Å². The van der Waals surface area contributed by atoms with Gasteiger partial charge in [-0.05, 0) is 23.3 Å². The Kier molecular flexibility index (Phi) is 4.84. The van der Waals surface area contributed by atoms with E-state index in [0.29, 0.717) is 5.75 Å². The number of rotatable bonds is 4. The minimum absolute atomic E-state index is 0.0372. The van der Waals surface area contributed by atoms with Gasteiger partial charge in [-0.25, -0.2) is 0 Å². The third-order valence-electron chi connectivity index (χ3n) is 5.84. The van der Waals surface area contributed by atoms with Crippen molar-refractivity contribution in [2.45, 2.75) is 25.7 Å². The highest BCUT2D eigenvalue weighted by Gasteiger charge is 2.34. The van der Waals surface area contributed by atoms with Gasteiger partial charge in [0, 0.05) is 12.0 Å². The average molecular weight is 423 g/mol. The number of benzene rings is 2. The zero-order valence-electron chi connectivity index (χ0n) is 16.7. The predicted molar refractivity (Wildman–Crippen MR) is 116 cm³/mol. The molecule has 0 bridgehead atoms. The number of phenols is 1. The minimum atomic E-state index is -0.354. The number of ether oxygens (including phenoxy) is 1. The van der Waals surface area contributed by atoms with E-state index in [-0.39, 0.29) is 17.8 Å². The van der Waals surface area contributed by atoms with Gasteiger partial charge in [-0.3, -0.25) is 4.79 Å². The minimum Gasteiger partial charge on any atom is -0.504 e. The molecular formula is C23H24N3O3S+. The van der Waals surface area contributed by atoms with Crippen molar-refractivity contribution in [3.05, 3.63) is 75.7 Å². The number of nitrogens with one attached hydrogen (secondary N) is 3. The monoisotopic (exact) mass is 422 g/mol. The van der Waals surface area contributed by atoms with Crippen LogP contribution in [-0.4, -0.2) is 24.7 Å². The Morgan fingerprint density at radius 1 is 1.20 bits per heavy atom. The number of amides is 1. The third-order valence-corrected chi connectivity index (χ3v) is 7.01. The van der Waals surface area contributed by atoms with Gasteiger partial charge in [0.1, 0.15) is 24.3 Å². The number of methoxy groups -OCH3 is 1. The van der Waals surface area contributed by atoms with Gasteiger partial charge >= 0.3 is 0 Å². The van der Waals surface area contributed by atoms with Gasteiger partial charge in [-0.15, -0.1) is 11.3 Å². The van der Waals surface area contributed by atoms with Crippen LogP contribution in [-0.2, 0) is 19.5 Å². The van der Waals surface area contributed by atoms with E-state index in [9.17, 15) is 9.90 Å². The van der Waals surface area contributed by atoms with Crippen molar-refractivity contribution in [3.8, 4) is 11.5 Å². The van der Waals surface area contributed by atoms with E-state index in [1.165, 1.54) is 28.0 Å². The highest BCUT2D eigenvalue weighted by molar-refractivity contribution is 7.16. The summed E-state index contributed by atoms with van der Waals surface area (Å²) in [5.41, 5.74) is 4.18. The molecule has 1 aromatic heterocycles. The first-order valence-electron chi connectivity index (χ1n) is 10.1. The van der Waals surface area contributed by atoms with E-state index < -0.39 is 0 Å². The number of quaternary nitrogens is 1. The average Bonchev–Trinajstić information content (AvgIpc) is 3.13. The first-order valence-corrected chi connectivity index (χ1v) is 10.9. The first-order chi connectivity index (χ1) is 14.6. The SMILES string of the molecule is COc1cc([C@H]2NC(=O)c3c(sc4c3CC[NH+](Cc3ccccc3)C4)N2)ccc1O. The molecule has 2 aliphatic heterocycles. The summed E-state index contributed by atoms with van der Waals surface area (Å²) in [6, 6.07) is 15.7. The molecule has 7 heteroatoms. The maximum atomic E-state index is 13.0. The van der Waals surface area contributed by atoms with Crippen molar-refractivity contribution in [3.63, 3.8) is 0 Å². The fourth-order valence-corrected chi connectivity index (χ4v) is 5.67. The van der Waals surface area contributed by atoms with Crippen LogP contribution in [0.1, 0.15) is 38.1 Å².